The molecule has 0 saturated carbocycles. The van der Waals surface area contributed by atoms with Crippen LogP contribution in [0.3, 0.4) is 0 Å². The molecule has 0 aliphatic rings. The van der Waals surface area contributed by atoms with E-state index < -0.39 is 0 Å². The predicted octanol–water partition coefficient (Wildman–Crippen LogP) is 2.00. The molecule has 116 valence electrons. The minimum Gasteiger partial charge on any atom is -0.389 e. The highest BCUT2D eigenvalue weighted by atomic mass is 32.1. The van der Waals surface area contributed by atoms with Crippen LogP contribution in [-0.2, 0) is 4.79 Å². The van der Waals surface area contributed by atoms with E-state index in [1.807, 2.05) is 38.7 Å². The molecule has 0 radical (unpaired) electrons. The van der Waals surface area contributed by atoms with Gasteiger partial charge in [-0.2, -0.15) is 0 Å². The van der Waals surface area contributed by atoms with E-state index in [2.05, 4.69) is 10.3 Å². The van der Waals surface area contributed by atoms with Crippen LogP contribution >= 0.6 is 12.2 Å². The Balaban J connectivity index is 2.76. The number of pyridine rings is 1. The molecule has 1 aromatic rings. The highest BCUT2D eigenvalue weighted by Gasteiger charge is 2.12. The number of nitrogens with zero attached hydrogens (tertiary/aromatic N) is 2. The number of rotatable bonds is 7. The molecular formula is C15H24N4OS. The van der Waals surface area contributed by atoms with Crippen molar-refractivity contribution in [2.24, 2.45) is 5.73 Å². The molecule has 0 unspecified atom stereocenters. The standard InChI is InChI=1S/C15H24N4OS/c1-5-19(6-2)13(20)7-8-17-12-9-10(3)18-11(4)14(12)15(16)21/h9H,5-8H2,1-4H3,(H2,16,21)(H,17,18). The first-order valence-electron chi connectivity index (χ1n) is 7.20. The Hall–Kier alpha value is -1.69. The fourth-order valence-electron chi connectivity index (χ4n) is 2.32. The SMILES string of the molecule is CCN(CC)C(=O)CCNc1cc(C)nc(C)c1C(N)=S. The number of nitrogens with two attached hydrogens (primary N) is 1. The zero-order valence-electron chi connectivity index (χ0n) is 13.2. The van der Waals surface area contributed by atoms with Crippen LogP contribution in [0.15, 0.2) is 6.07 Å². The number of aromatic nitrogens is 1. The van der Waals surface area contributed by atoms with E-state index in [-0.39, 0.29) is 5.91 Å². The Bertz CT molecular complexity index is 527. The number of thiocarbonyl (C=S) groups is 1. The normalized spacial score (nSPS) is 10.3. The van der Waals surface area contributed by atoms with Crippen molar-refractivity contribution in [3.8, 4) is 0 Å². The third-order valence-corrected chi connectivity index (χ3v) is 3.55. The lowest BCUT2D eigenvalue weighted by Crippen LogP contribution is -2.31. The van der Waals surface area contributed by atoms with E-state index in [1.54, 1.807) is 0 Å². The maximum Gasteiger partial charge on any atom is 0.224 e. The average molecular weight is 308 g/mol. The molecule has 1 heterocycles. The second-order valence-electron chi connectivity index (χ2n) is 4.88. The molecule has 3 N–H and O–H groups in total. The van der Waals surface area contributed by atoms with Crippen LogP contribution in [0, 0.1) is 13.8 Å². The Morgan fingerprint density at radius 3 is 2.52 bits per heavy atom. The van der Waals surface area contributed by atoms with Gasteiger partial charge in [0, 0.05) is 43.1 Å². The highest BCUT2D eigenvalue weighted by Crippen LogP contribution is 2.19. The number of nitrogens with one attached hydrogen (secondary N) is 1. The van der Waals surface area contributed by atoms with E-state index in [4.69, 9.17) is 18.0 Å². The number of amides is 1. The Labute approximate surface area is 131 Å². The van der Waals surface area contributed by atoms with Crippen molar-refractivity contribution in [1.29, 1.82) is 0 Å². The molecule has 21 heavy (non-hydrogen) atoms. The molecule has 0 spiro atoms. The second kappa shape index (κ2) is 7.93. The lowest BCUT2D eigenvalue weighted by atomic mass is 10.1. The van der Waals surface area contributed by atoms with Crippen molar-refractivity contribution in [3.63, 3.8) is 0 Å². The topological polar surface area (TPSA) is 71.2 Å². The van der Waals surface area contributed by atoms with Crippen molar-refractivity contribution < 1.29 is 4.79 Å². The zero-order chi connectivity index (χ0) is 16.0. The summed E-state index contributed by atoms with van der Waals surface area (Å²) in [7, 11) is 0. The number of carbonyl (C=O) groups excluding carboxylic acids is 1. The maximum absolute atomic E-state index is 12.0. The molecule has 0 aliphatic carbocycles. The summed E-state index contributed by atoms with van der Waals surface area (Å²) in [5, 5.41) is 3.26. The first kappa shape index (κ1) is 17.4. The molecule has 0 aromatic carbocycles. The largest absolute Gasteiger partial charge is 0.389 e. The maximum atomic E-state index is 12.0. The highest BCUT2D eigenvalue weighted by molar-refractivity contribution is 7.80. The third-order valence-electron chi connectivity index (χ3n) is 3.35. The molecule has 1 aromatic heterocycles. The van der Waals surface area contributed by atoms with E-state index in [0.29, 0.717) is 18.0 Å². The number of hydrogen-bond acceptors (Lipinski definition) is 4. The van der Waals surface area contributed by atoms with E-state index in [1.165, 1.54) is 0 Å². The fraction of sp³-hybridized carbons (Fsp3) is 0.533. The molecule has 0 atom stereocenters. The number of hydrogen-bond donors (Lipinski definition) is 2. The van der Waals surface area contributed by atoms with Crippen molar-refractivity contribution in [1.82, 2.24) is 9.88 Å². The Morgan fingerprint density at radius 1 is 1.38 bits per heavy atom. The predicted molar refractivity (Wildman–Crippen MR) is 90.6 cm³/mol. The van der Waals surface area contributed by atoms with Gasteiger partial charge in [0.15, 0.2) is 0 Å². The second-order valence-corrected chi connectivity index (χ2v) is 5.32. The van der Waals surface area contributed by atoms with Gasteiger partial charge in [-0.1, -0.05) is 12.2 Å². The summed E-state index contributed by atoms with van der Waals surface area (Å²) in [4.78, 5) is 18.5. The summed E-state index contributed by atoms with van der Waals surface area (Å²) in [6.45, 7) is 9.79. The number of aryl methyl sites for hydroxylation is 2. The summed E-state index contributed by atoms with van der Waals surface area (Å²) in [5.74, 6) is 0.145. The summed E-state index contributed by atoms with van der Waals surface area (Å²) in [6.07, 6.45) is 0.443. The minimum atomic E-state index is 0.145. The van der Waals surface area contributed by atoms with Crippen LogP contribution < -0.4 is 11.1 Å². The lowest BCUT2D eigenvalue weighted by molar-refractivity contribution is -0.130. The third kappa shape index (κ3) is 4.67. The molecule has 6 heteroatoms. The van der Waals surface area contributed by atoms with Crippen LogP contribution in [-0.4, -0.2) is 40.4 Å². The van der Waals surface area contributed by atoms with E-state index in [0.717, 1.165) is 35.7 Å². The average Bonchev–Trinajstić information content (AvgIpc) is 2.38. The van der Waals surface area contributed by atoms with E-state index in [9.17, 15) is 4.79 Å². The summed E-state index contributed by atoms with van der Waals surface area (Å²) in [5.41, 5.74) is 9.07. The van der Waals surface area contributed by atoms with Gasteiger partial charge in [-0.05, 0) is 33.8 Å². The van der Waals surface area contributed by atoms with Gasteiger partial charge in [0.25, 0.3) is 0 Å². The number of anilines is 1. The van der Waals surface area contributed by atoms with Gasteiger partial charge in [-0.3, -0.25) is 9.78 Å². The van der Waals surface area contributed by atoms with Crippen LogP contribution in [0.5, 0.6) is 0 Å². The van der Waals surface area contributed by atoms with Crippen molar-refractivity contribution in [3.05, 3.63) is 23.0 Å². The van der Waals surface area contributed by atoms with Crippen molar-refractivity contribution >= 4 is 28.8 Å². The van der Waals surface area contributed by atoms with E-state index >= 15 is 0 Å². The van der Waals surface area contributed by atoms with Gasteiger partial charge in [-0.15, -0.1) is 0 Å². The van der Waals surface area contributed by atoms with Gasteiger partial charge in [0.1, 0.15) is 4.99 Å². The molecule has 1 rings (SSSR count). The van der Waals surface area contributed by atoms with Crippen LogP contribution in [0.1, 0.15) is 37.2 Å². The van der Waals surface area contributed by atoms with Gasteiger partial charge >= 0.3 is 0 Å². The van der Waals surface area contributed by atoms with Crippen LogP contribution in [0.4, 0.5) is 5.69 Å². The van der Waals surface area contributed by atoms with Crippen molar-refractivity contribution in [2.75, 3.05) is 25.0 Å². The first-order chi connectivity index (χ1) is 9.90. The number of carbonyl (C=O) groups is 1. The van der Waals surface area contributed by atoms with Gasteiger partial charge in [0.05, 0.1) is 5.56 Å². The van der Waals surface area contributed by atoms with Gasteiger partial charge < -0.3 is 16.0 Å². The molecule has 0 saturated heterocycles. The van der Waals surface area contributed by atoms with Crippen molar-refractivity contribution in [2.45, 2.75) is 34.1 Å². The van der Waals surface area contributed by atoms with Gasteiger partial charge in [-0.25, -0.2) is 0 Å². The molecule has 5 nitrogen and oxygen atoms in total. The molecule has 0 fully saturated rings. The molecular weight excluding hydrogens is 284 g/mol. The van der Waals surface area contributed by atoms with Crippen LogP contribution in [0.2, 0.25) is 0 Å². The Kier molecular flexibility index (Phi) is 6.55. The lowest BCUT2D eigenvalue weighted by Gasteiger charge is -2.19. The zero-order valence-corrected chi connectivity index (χ0v) is 14.0. The smallest absolute Gasteiger partial charge is 0.224 e. The summed E-state index contributed by atoms with van der Waals surface area (Å²) < 4.78 is 0. The fourth-order valence-corrected chi connectivity index (χ4v) is 2.58. The minimum absolute atomic E-state index is 0.145. The summed E-state index contributed by atoms with van der Waals surface area (Å²) >= 11 is 5.08. The Morgan fingerprint density at radius 2 is 2.00 bits per heavy atom. The quantitative estimate of drug-likeness (QED) is 0.754. The van der Waals surface area contributed by atoms with Crippen LogP contribution in [0.25, 0.3) is 0 Å². The first-order valence-corrected chi connectivity index (χ1v) is 7.61. The summed E-state index contributed by atoms with van der Waals surface area (Å²) in [6, 6.07) is 1.91. The monoisotopic (exact) mass is 308 g/mol. The molecule has 1 amide bonds. The molecule has 0 bridgehead atoms. The molecule has 0 aliphatic heterocycles. The van der Waals surface area contributed by atoms with Gasteiger partial charge in [0.2, 0.25) is 5.91 Å².